The molecule has 0 aliphatic carbocycles. The number of ether oxygens (including phenoxy) is 2. The number of carbonyl (C=O) groups excluding carboxylic acids is 1. The Morgan fingerprint density at radius 3 is 2.55 bits per heavy atom. The maximum absolute atomic E-state index is 11.9. The molecule has 0 unspecified atom stereocenters. The molecule has 4 heteroatoms. The van der Waals surface area contributed by atoms with Crippen LogP contribution in [0.4, 0.5) is 0 Å². The summed E-state index contributed by atoms with van der Waals surface area (Å²) in [7, 11) is 1.61. The highest BCUT2D eigenvalue weighted by Gasteiger charge is 2.09. The van der Waals surface area contributed by atoms with Gasteiger partial charge in [-0.1, -0.05) is 30.0 Å². The Morgan fingerprint density at radius 2 is 1.90 bits per heavy atom. The predicted octanol–water partition coefficient (Wildman–Crippen LogP) is 3.91. The summed E-state index contributed by atoms with van der Waals surface area (Å²) < 4.78 is 10.4. The van der Waals surface area contributed by atoms with Crippen molar-refractivity contribution in [2.45, 2.75) is 11.8 Å². The number of hydrogen-bond acceptors (Lipinski definition) is 4. The van der Waals surface area contributed by atoms with Gasteiger partial charge in [0.25, 0.3) is 0 Å². The molecule has 0 aliphatic rings. The third-order valence-electron chi connectivity index (χ3n) is 2.79. The molecule has 0 heterocycles. The molecule has 3 nitrogen and oxygen atoms in total. The number of benzene rings is 2. The lowest BCUT2D eigenvalue weighted by molar-refractivity contribution is 0.0579. The third kappa shape index (κ3) is 3.78. The molecule has 2 aromatic rings. The highest BCUT2D eigenvalue weighted by molar-refractivity contribution is 7.99. The van der Waals surface area contributed by atoms with Crippen molar-refractivity contribution in [3.63, 3.8) is 0 Å². The lowest BCUT2D eigenvalue weighted by Crippen LogP contribution is -2.05. The quantitative estimate of drug-likeness (QED) is 0.475. The SMILES string of the molecule is COc1ccc(C(=O)OCSc2ccccc2)cc1C. The summed E-state index contributed by atoms with van der Waals surface area (Å²) >= 11 is 1.49. The summed E-state index contributed by atoms with van der Waals surface area (Å²) in [5.74, 6) is 0.743. The normalized spacial score (nSPS) is 10.1. The zero-order valence-corrected chi connectivity index (χ0v) is 12.3. The molecule has 0 fully saturated rings. The molecule has 104 valence electrons. The molecular weight excluding hydrogens is 272 g/mol. The zero-order valence-electron chi connectivity index (χ0n) is 11.5. The summed E-state index contributed by atoms with van der Waals surface area (Å²) in [5, 5.41) is 0. The van der Waals surface area contributed by atoms with Gasteiger partial charge in [0.15, 0.2) is 0 Å². The van der Waals surface area contributed by atoms with Crippen LogP contribution in [0, 0.1) is 6.92 Å². The minimum Gasteiger partial charge on any atom is -0.496 e. The fourth-order valence-electron chi connectivity index (χ4n) is 1.76. The molecule has 0 radical (unpaired) electrons. The average molecular weight is 288 g/mol. The van der Waals surface area contributed by atoms with Crippen LogP contribution in [0.25, 0.3) is 0 Å². The van der Waals surface area contributed by atoms with E-state index in [0.29, 0.717) is 11.5 Å². The number of methoxy groups -OCH3 is 1. The van der Waals surface area contributed by atoms with E-state index >= 15 is 0 Å². The van der Waals surface area contributed by atoms with E-state index in [-0.39, 0.29) is 5.97 Å². The summed E-state index contributed by atoms with van der Waals surface area (Å²) in [6.07, 6.45) is 0. The number of hydrogen-bond donors (Lipinski definition) is 0. The van der Waals surface area contributed by atoms with Crippen molar-refractivity contribution in [2.24, 2.45) is 0 Å². The van der Waals surface area contributed by atoms with E-state index in [1.165, 1.54) is 11.8 Å². The Balaban J connectivity index is 1.90. The van der Waals surface area contributed by atoms with Gasteiger partial charge in [-0.25, -0.2) is 4.79 Å². The first-order valence-corrected chi connectivity index (χ1v) is 7.19. The average Bonchev–Trinajstić information content (AvgIpc) is 2.48. The van der Waals surface area contributed by atoms with E-state index in [9.17, 15) is 4.79 Å². The van der Waals surface area contributed by atoms with Gasteiger partial charge in [-0.15, -0.1) is 0 Å². The summed E-state index contributed by atoms with van der Waals surface area (Å²) in [5.41, 5.74) is 1.45. The first kappa shape index (κ1) is 14.5. The number of thioether (sulfide) groups is 1. The van der Waals surface area contributed by atoms with Gasteiger partial charge in [-0.2, -0.15) is 0 Å². The fraction of sp³-hybridized carbons (Fsp3) is 0.188. The Labute approximate surface area is 122 Å². The third-order valence-corrected chi connectivity index (χ3v) is 3.63. The number of carbonyl (C=O) groups is 1. The molecule has 20 heavy (non-hydrogen) atoms. The Hall–Kier alpha value is -1.94. The van der Waals surface area contributed by atoms with E-state index in [2.05, 4.69) is 0 Å². The largest absolute Gasteiger partial charge is 0.496 e. The van der Waals surface area contributed by atoms with Crippen LogP contribution in [0.2, 0.25) is 0 Å². The number of esters is 1. The van der Waals surface area contributed by atoms with E-state index in [1.807, 2.05) is 37.3 Å². The maximum Gasteiger partial charge on any atom is 0.338 e. The highest BCUT2D eigenvalue weighted by atomic mass is 32.2. The van der Waals surface area contributed by atoms with Crippen LogP contribution >= 0.6 is 11.8 Å². The van der Waals surface area contributed by atoms with E-state index in [0.717, 1.165) is 16.2 Å². The van der Waals surface area contributed by atoms with Gasteiger partial charge in [0.05, 0.1) is 12.7 Å². The van der Waals surface area contributed by atoms with Crippen molar-refractivity contribution in [3.8, 4) is 5.75 Å². The summed E-state index contributed by atoms with van der Waals surface area (Å²) in [4.78, 5) is 13.0. The topological polar surface area (TPSA) is 35.5 Å². The van der Waals surface area contributed by atoms with Crippen LogP contribution in [0.1, 0.15) is 15.9 Å². The molecule has 0 spiro atoms. The fourth-order valence-corrected chi connectivity index (χ4v) is 2.41. The molecule has 0 amide bonds. The Morgan fingerprint density at radius 1 is 1.15 bits per heavy atom. The van der Waals surface area contributed by atoms with Crippen molar-refractivity contribution in [3.05, 3.63) is 59.7 Å². The standard InChI is InChI=1S/C16H16O3S/c1-12-10-13(8-9-15(12)18-2)16(17)19-11-20-14-6-4-3-5-7-14/h3-10H,11H2,1-2H3. The molecular formula is C16H16O3S. The molecule has 0 N–H and O–H groups in total. The van der Waals surface area contributed by atoms with Gasteiger partial charge in [0.1, 0.15) is 11.7 Å². The summed E-state index contributed by atoms with van der Waals surface area (Å²) in [6, 6.07) is 15.1. The lowest BCUT2D eigenvalue weighted by Gasteiger charge is -2.08. The minimum absolute atomic E-state index is 0.300. The van der Waals surface area contributed by atoms with Crippen LogP contribution < -0.4 is 4.74 Å². The highest BCUT2D eigenvalue weighted by Crippen LogP contribution is 2.20. The van der Waals surface area contributed by atoms with Crippen LogP contribution in [0.3, 0.4) is 0 Å². The lowest BCUT2D eigenvalue weighted by atomic mass is 10.1. The van der Waals surface area contributed by atoms with Crippen LogP contribution in [0.15, 0.2) is 53.4 Å². The molecule has 0 saturated heterocycles. The van der Waals surface area contributed by atoms with Gasteiger partial charge < -0.3 is 9.47 Å². The van der Waals surface area contributed by atoms with Gasteiger partial charge in [-0.05, 0) is 42.8 Å². The van der Waals surface area contributed by atoms with E-state index in [1.54, 1.807) is 25.3 Å². The van der Waals surface area contributed by atoms with Crippen molar-refractivity contribution < 1.29 is 14.3 Å². The Bertz CT molecular complexity index is 582. The van der Waals surface area contributed by atoms with E-state index in [4.69, 9.17) is 9.47 Å². The van der Waals surface area contributed by atoms with Crippen molar-refractivity contribution >= 4 is 17.7 Å². The second-order valence-corrected chi connectivity index (χ2v) is 5.19. The second kappa shape index (κ2) is 7.01. The first-order chi connectivity index (χ1) is 9.70. The van der Waals surface area contributed by atoms with E-state index < -0.39 is 0 Å². The molecule has 2 aromatic carbocycles. The van der Waals surface area contributed by atoms with Crippen LogP contribution in [-0.4, -0.2) is 19.0 Å². The van der Waals surface area contributed by atoms with Crippen LogP contribution in [-0.2, 0) is 4.74 Å². The zero-order chi connectivity index (χ0) is 14.4. The predicted molar refractivity (Wildman–Crippen MR) is 80.3 cm³/mol. The van der Waals surface area contributed by atoms with Gasteiger partial charge in [0.2, 0.25) is 0 Å². The number of rotatable bonds is 5. The maximum atomic E-state index is 11.9. The smallest absolute Gasteiger partial charge is 0.338 e. The first-order valence-electron chi connectivity index (χ1n) is 6.20. The second-order valence-electron chi connectivity index (χ2n) is 4.19. The van der Waals surface area contributed by atoms with Gasteiger partial charge >= 0.3 is 5.97 Å². The van der Waals surface area contributed by atoms with Gasteiger partial charge in [-0.3, -0.25) is 0 Å². The summed E-state index contributed by atoms with van der Waals surface area (Å²) in [6.45, 7) is 1.90. The molecule has 0 atom stereocenters. The van der Waals surface area contributed by atoms with Crippen molar-refractivity contribution in [2.75, 3.05) is 13.0 Å². The molecule has 0 saturated carbocycles. The molecule has 0 aliphatic heterocycles. The van der Waals surface area contributed by atoms with Crippen molar-refractivity contribution in [1.29, 1.82) is 0 Å². The van der Waals surface area contributed by atoms with Crippen LogP contribution in [0.5, 0.6) is 5.75 Å². The molecule has 2 rings (SSSR count). The molecule has 0 bridgehead atoms. The molecule has 0 aromatic heterocycles. The Kier molecular flexibility index (Phi) is 5.07. The van der Waals surface area contributed by atoms with Gasteiger partial charge in [0, 0.05) is 4.90 Å². The number of aryl methyl sites for hydroxylation is 1. The van der Waals surface area contributed by atoms with Crippen molar-refractivity contribution in [1.82, 2.24) is 0 Å². The monoisotopic (exact) mass is 288 g/mol. The minimum atomic E-state index is -0.320.